The maximum Gasteiger partial charge on any atom is 0.331 e. The largest absolute Gasteiger partial charge is 0.478 e. The molecule has 0 bridgehead atoms. The number of hydrogen-bond donors (Lipinski definition) is 3. The summed E-state index contributed by atoms with van der Waals surface area (Å²) in [4.78, 5) is 39.6. The van der Waals surface area contributed by atoms with Gasteiger partial charge in [-0.15, -0.1) is 0 Å². The Bertz CT molecular complexity index is 631. The van der Waals surface area contributed by atoms with E-state index in [-0.39, 0.29) is 23.3 Å². The van der Waals surface area contributed by atoms with Gasteiger partial charge in [0.15, 0.2) is 0 Å². The molecule has 30 heavy (non-hydrogen) atoms. The van der Waals surface area contributed by atoms with E-state index in [1.54, 1.807) is 18.0 Å². The van der Waals surface area contributed by atoms with Crippen LogP contribution in [0.2, 0.25) is 0 Å². The lowest BCUT2D eigenvalue weighted by Crippen LogP contribution is -2.63. The summed E-state index contributed by atoms with van der Waals surface area (Å²) >= 11 is 0. The van der Waals surface area contributed by atoms with Crippen molar-refractivity contribution < 1.29 is 19.5 Å². The van der Waals surface area contributed by atoms with Crippen LogP contribution < -0.4 is 10.6 Å². The third kappa shape index (κ3) is 7.11. The number of rotatable bonds is 11. The van der Waals surface area contributed by atoms with Crippen LogP contribution in [0.3, 0.4) is 0 Å². The number of likely N-dealkylation sites (N-methyl/N-ethyl adjacent to an activating group) is 2. The summed E-state index contributed by atoms with van der Waals surface area (Å²) in [6.07, 6.45) is 2.83. The van der Waals surface area contributed by atoms with E-state index in [4.69, 9.17) is 0 Å². The van der Waals surface area contributed by atoms with E-state index in [1.807, 2.05) is 55.4 Å². The SMILES string of the molecule is CCNC(CC)(CC)C(=O)NC(C(=O)N(C)[C@H](/C=C(\C)C(=O)O)C(C)C)C(C)(C)C. The summed E-state index contributed by atoms with van der Waals surface area (Å²) in [5.41, 5.74) is -1.06. The van der Waals surface area contributed by atoms with Crippen LogP contribution >= 0.6 is 0 Å². The fourth-order valence-electron chi connectivity index (χ4n) is 3.59. The summed E-state index contributed by atoms with van der Waals surface area (Å²) in [5, 5.41) is 15.5. The van der Waals surface area contributed by atoms with Crippen LogP contribution in [0, 0.1) is 11.3 Å². The number of carbonyl (C=O) groups excluding carboxylic acids is 2. The number of carbonyl (C=O) groups is 3. The van der Waals surface area contributed by atoms with Crippen LogP contribution in [0.15, 0.2) is 11.6 Å². The second-order valence-corrected chi connectivity index (χ2v) is 9.43. The van der Waals surface area contributed by atoms with Crippen molar-refractivity contribution in [1.29, 1.82) is 0 Å². The van der Waals surface area contributed by atoms with E-state index >= 15 is 0 Å². The molecule has 3 N–H and O–H groups in total. The molecule has 0 aliphatic rings. The summed E-state index contributed by atoms with van der Waals surface area (Å²) in [5.74, 6) is -1.42. The Morgan fingerprint density at radius 2 is 1.57 bits per heavy atom. The van der Waals surface area contributed by atoms with Gasteiger partial charge in [-0.2, -0.15) is 0 Å². The molecule has 2 amide bonds. The van der Waals surface area contributed by atoms with Crippen molar-refractivity contribution in [1.82, 2.24) is 15.5 Å². The van der Waals surface area contributed by atoms with E-state index in [2.05, 4.69) is 10.6 Å². The van der Waals surface area contributed by atoms with E-state index in [9.17, 15) is 19.5 Å². The zero-order valence-corrected chi connectivity index (χ0v) is 20.5. The second kappa shape index (κ2) is 11.5. The quantitative estimate of drug-likeness (QED) is 0.442. The van der Waals surface area contributed by atoms with Crippen molar-refractivity contribution in [2.24, 2.45) is 11.3 Å². The lowest BCUT2D eigenvalue weighted by Gasteiger charge is -2.40. The third-order valence-corrected chi connectivity index (χ3v) is 5.78. The summed E-state index contributed by atoms with van der Waals surface area (Å²) in [6.45, 7) is 17.7. The predicted molar refractivity (Wildman–Crippen MR) is 121 cm³/mol. The smallest absolute Gasteiger partial charge is 0.331 e. The van der Waals surface area contributed by atoms with Crippen molar-refractivity contribution in [3.63, 3.8) is 0 Å². The van der Waals surface area contributed by atoms with Gasteiger partial charge >= 0.3 is 5.97 Å². The highest BCUT2D eigenvalue weighted by atomic mass is 16.4. The molecule has 0 fully saturated rings. The molecule has 0 saturated carbocycles. The number of aliphatic carboxylic acids is 1. The highest BCUT2D eigenvalue weighted by Gasteiger charge is 2.41. The van der Waals surface area contributed by atoms with Gasteiger partial charge in [0, 0.05) is 12.6 Å². The highest BCUT2D eigenvalue weighted by molar-refractivity contribution is 5.93. The second-order valence-electron chi connectivity index (χ2n) is 9.43. The molecule has 0 aromatic rings. The molecule has 0 rings (SSSR count). The van der Waals surface area contributed by atoms with E-state index in [0.29, 0.717) is 19.4 Å². The van der Waals surface area contributed by atoms with Gasteiger partial charge in [-0.1, -0.05) is 61.5 Å². The molecule has 0 heterocycles. The summed E-state index contributed by atoms with van der Waals surface area (Å²) < 4.78 is 0. The fourth-order valence-corrected chi connectivity index (χ4v) is 3.59. The maximum atomic E-state index is 13.5. The van der Waals surface area contributed by atoms with Gasteiger partial charge in [-0.25, -0.2) is 4.79 Å². The van der Waals surface area contributed by atoms with Crippen molar-refractivity contribution in [2.75, 3.05) is 13.6 Å². The molecule has 0 spiro atoms. The molecule has 0 aromatic heterocycles. The molecule has 0 radical (unpaired) electrons. The van der Waals surface area contributed by atoms with Crippen molar-refractivity contribution in [3.8, 4) is 0 Å². The van der Waals surface area contributed by atoms with E-state index in [1.165, 1.54) is 6.92 Å². The van der Waals surface area contributed by atoms with Gasteiger partial charge < -0.3 is 20.6 Å². The van der Waals surface area contributed by atoms with Crippen LogP contribution in [0.4, 0.5) is 0 Å². The topological polar surface area (TPSA) is 98.7 Å². The van der Waals surface area contributed by atoms with E-state index < -0.39 is 29.0 Å². The minimum absolute atomic E-state index is 0.0108. The first kappa shape index (κ1) is 28.1. The minimum Gasteiger partial charge on any atom is -0.478 e. The van der Waals surface area contributed by atoms with Crippen molar-refractivity contribution in [3.05, 3.63) is 11.6 Å². The zero-order valence-electron chi connectivity index (χ0n) is 20.5. The molecule has 7 nitrogen and oxygen atoms in total. The average molecular weight is 426 g/mol. The average Bonchev–Trinajstić information content (AvgIpc) is 2.65. The van der Waals surface area contributed by atoms with Crippen LogP contribution in [-0.2, 0) is 14.4 Å². The van der Waals surface area contributed by atoms with Crippen LogP contribution in [0.1, 0.15) is 75.2 Å². The predicted octanol–water partition coefficient (Wildman–Crippen LogP) is 3.20. The third-order valence-electron chi connectivity index (χ3n) is 5.78. The molecule has 7 heteroatoms. The Labute approximate surface area is 182 Å². The van der Waals surface area contributed by atoms with Crippen LogP contribution in [-0.4, -0.2) is 59.0 Å². The minimum atomic E-state index is -1.01. The lowest BCUT2D eigenvalue weighted by atomic mass is 9.83. The molecular formula is C23H43N3O4. The molecule has 1 unspecified atom stereocenters. The number of amides is 2. The molecule has 0 aliphatic carbocycles. The normalized spacial score (nSPS) is 15.0. The first-order valence-electron chi connectivity index (χ1n) is 10.9. The first-order valence-corrected chi connectivity index (χ1v) is 10.9. The number of carboxylic acids is 1. The molecule has 2 atom stereocenters. The van der Waals surface area contributed by atoms with Crippen LogP contribution in [0.5, 0.6) is 0 Å². The number of carboxylic acid groups (broad SMARTS) is 1. The Kier molecular flexibility index (Phi) is 10.8. The van der Waals surface area contributed by atoms with Crippen molar-refractivity contribution >= 4 is 17.8 Å². The molecule has 0 aromatic carbocycles. The molecular weight excluding hydrogens is 382 g/mol. The van der Waals surface area contributed by atoms with Gasteiger partial charge in [0.1, 0.15) is 6.04 Å². The van der Waals surface area contributed by atoms with Gasteiger partial charge in [0.2, 0.25) is 11.8 Å². The monoisotopic (exact) mass is 425 g/mol. The molecule has 0 aliphatic heterocycles. The Hall–Kier alpha value is -1.89. The summed E-state index contributed by atoms with van der Waals surface area (Å²) in [7, 11) is 1.67. The number of nitrogens with zero attached hydrogens (tertiary/aromatic N) is 1. The Balaban J connectivity index is 5.99. The Morgan fingerprint density at radius 3 is 1.90 bits per heavy atom. The molecule has 174 valence electrons. The molecule has 0 saturated heterocycles. The standard InChI is InChI=1S/C23H43N3O4/c1-11-23(12-2,24-13-3)21(30)25-18(22(7,8)9)19(27)26(10)17(15(4)5)14-16(6)20(28)29/h14-15,17-18,24H,11-13H2,1-10H3,(H,25,30)(H,28,29)/b16-14+/t17-,18?/m1/s1. The highest BCUT2D eigenvalue weighted by Crippen LogP contribution is 2.25. The van der Waals surface area contributed by atoms with Gasteiger partial charge in [-0.3, -0.25) is 9.59 Å². The zero-order chi connectivity index (χ0) is 23.9. The lowest BCUT2D eigenvalue weighted by molar-refractivity contribution is -0.142. The van der Waals surface area contributed by atoms with Crippen molar-refractivity contribution in [2.45, 2.75) is 92.8 Å². The van der Waals surface area contributed by atoms with Crippen LogP contribution in [0.25, 0.3) is 0 Å². The Morgan fingerprint density at radius 1 is 1.07 bits per heavy atom. The number of hydrogen-bond acceptors (Lipinski definition) is 4. The summed E-state index contributed by atoms with van der Waals surface area (Å²) in [6, 6.07) is -1.14. The maximum absolute atomic E-state index is 13.5. The number of nitrogens with one attached hydrogen (secondary N) is 2. The fraction of sp³-hybridized carbons (Fsp3) is 0.783. The van der Waals surface area contributed by atoms with E-state index in [0.717, 1.165) is 0 Å². The van der Waals surface area contributed by atoms with Gasteiger partial charge in [0.25, 0.3) is 0 Å². The van der Waals surface area contributed by atoms with Gasteiger partial charge in [0.05, 0.1) is 11.6 Å². The first-order chi connectivity index (χ1) is 13.7. The van der Waals surface area contributed by atoms with Gasteiger partial charge in [-0.05, 0) is 37.6 Å².